The van der Waals surface area contributed by atoms with Gasteiger partial charge in [-0.3, -0.25) is 0 Å². The van der Waals surface area contributed by atoms with Crippen LogP contribution in [0.2, 0.25) is 0 Å². The number of benzene rings is 2. The normalized spacial score (nSPS) is 10.8. The van der Waals surface area contributed by atoms with Crippen molar-refractivity contribution in [3.05, 3.63) is 71.2 Å². The Kier molecular flexibility index (Phi) is 5.44. The zero-order chi connectivity index (χ0) is 22.7. The zero-order valence-corrected chi connectivity index (χ0v) is 17.5. The molecule has 4 rings (SSSR count). The first kappa shape index (κ1) is 20.5. The van der Waals surface area contributed by atoms with Crippen LogP contribution in [0.5, 0.6) is 0 Å². The Morgan fingerprint density at radius 2 is 1.91 bits per heavy atom. The minimum absolute atomic E-state index is 0.274. The van der Waals surface area contributed by atoms with Crippen LogP contribution in [-0.4, -0.2) is 15.0 Å². The van der Waals surface area contributed by atoms with Crippen molar-refractivity contribution in [1.82, 2.24) is 15.0 Å². The van der Waals surface area contributed by atoms with E-state index >= 15 is 0 Å². The second-order valence-electron chi connectivity index (χ2n) is 7.21. The third kappa shape index (κ3) is 3.93. The van der Waals surface area contributed by atoms with Crippen molar-refractivity contribution in [2.45, 2.75) is 13.8 Å². The maximum absolute atomic E-state index is 8.90. The topological polar surface area (TPSA) is 138 Å². The summed E-state index contributed by atoms with van der Waals surface area (Å²) in [4.78, 5) is 16.1. The Morgan fingerprint density at radius 1 is 1.12 bits per heavy atom. The number of nitriles is 2. The number of nitrogens with two attached hydrogens (primary N) is 1. The molecule has 0 fully saturated rings. The van der Waals surface area contributed by atoms with Crippen LogP contribution in [0.25, 0.3) is 28.1 Å². The summed E-state index contributed by atoms with van der Waals surface area (Å²) in [6.45, 7) is 4.07. The summed E-state index contributed by atoms with van der Waals surface area (Å²) < 4.78 is 0. The fourth-order valence-electron chi connectivity index (χ4n) is 3.69. The molecular weight excluding hydrogens is 400 g/mol. The van der Waals surface area contributed by atoms with E-state index in [0.717, 1.165) is 38.7 Å². The van der Waals surface area contributed by atoms with Gasteiger partial charge in [0, 0.05) is 17.0 Å². The number of H-pyrrole nitrogens is 1. The van der Waals surface area contributed by atoms with Gasteiger partial charge in [-0.25, -0.2) is 15.3 Å². The van der Waals surface area contributed by atoms with E-state index in [1.165, 1.54) is 18.5 Å². The lowest BCUT2D eigenvalue weighted by Gasteiger charge is -2.14. The number of nitrogens with one attached hydrogen (secondary N) is 2. The molecule has 0 aliphatic rings. The summed E-state index contributed by atoms with van der Waals surface area (Å²) in [5.41, 5.74) is 12.3. The van der Waals surface area contributed by atoms with E-state index in [0.29, 0.717) is 17.6 Å². The molecule has 2 aromatic heterocycles. The molecule has 8 nitrogen and oxygen atoms in total. The molecule has 8 heteroatoms. The van der Waals surface area contributed by atoms with E-state index < -0.39 is 0 Å². The molecule has 32 heavy (non-hydrogen) atoms. The second-order valence-corrected chi connectivity index (χ2v) is 7.21. The quantitative estimate of drug-likeness (QED) is 0.479. The van der Waals surface area contributed by atoms with Gasteiger partial charge in [0.1, 0.15) is 24.3 Å². The maximum Gasteiger partial charge on any atom is 0.321 e. The first-order chi connectivity index (χ1) is 15.5. The fraction of sp³-hybridized carbons (Fsp3) is 0.0833. The van der Waals surface area contributed by atoms with Crippen LogP contribution in [0, 0.1) is 36.5 Å². The van der Waals surface area contributed by atoms with E-state index in [4.69, 9.17) is 21.2 Å². The molecule has 0 aliphatic carbocycles. The zero-order valence-electron chi connectivity index (χ0n) is 17.5. The molecule has 0 saturated carbocycles. The summed E-state index contributed by atoms with van der Waals surface area (Å²) in [6, 6.07) is 13.9. The maximum atomic E-state index is 8.90. The van der Waals surface area contributed by atoms with Gasteiger partial charge in [-0.2, -0.15) is 20.5 Å². The molecule has 0 unspecified atom stereocenters. The predicted octanol–water partition coefficient (Wildman–Crippen LogP) is 3.86. The molecule has 4 aromatic rings. The molecule has 154 valence electrons. The molecule has 0 aliphatic heterocycles. The molecule has 4 N–H and O–H groups in total. The highest BCUT2D eigenvalue weighted by Crippen LogP contribution is 2.35. The Labute approximate surface area is 184 Å². The first-order valence-corrected chi connectivity index (χ1v) is 9.79. The van der Waals surface area contributed by atoms with Crippen LogP contribution in [0.3, 0.4) is 0 Å². The van der Waals surface area contributed by atoms with E-state index in [-0.39, 0.29) is 5.69 Å². The molecule has 2 heterocycles. The van der Waals surface area contributed by atoms with Crippen LogP contribution in [0.1, 0.15) is 22.4 Å². The number of aromatic amines is 1. The summed E-state index contributed by atoms with van der Waals surface area (Å²) in [5, 5.41) is 21.5. The van der Waals surface area contributed by atoms with E-state index in [2.05, 4.69) is 20.3 Å². The van der Waals surface area contributed by atoms with Crippen LogP contribution >= 0.6 is 0 Å². The number of aromatic nitrogens is 4. The predicted molar refractivity (Wildman–Crippen MR) is 122 cm³/mol. The highest BCUT2D eigenvalue weighted by atomic mass is 15.2. The third-order valence-electron chi connectivity index (χ3n) is 4.99. The van der Waals surface area contributed by atoms with Gasteiger partial charge in [-0.15, -0.1) is 0 Å². The lowest BCUT2D eigenvalue weighted by Crippen LogP contribution is -2.13. The molecule has 0 saturated heterocycles. The van der Waals surface area contributed by atoms with E-state index in [9.17, 15) is 0 Å². The minimum Gasteiger partial charge on any atom is -0.383 e. The lowest BCUT2D eigenvalue weighted by molar-refractivity contribution is -0.361. The van der Waals surface area contributed by atoms with Crippen molar-refractivity contribution in [2.75, 3.05) is 11.1 Å². The van der Waals surface area contributed by atoms with E-state index in [1.54, 1.807) is 6.08 Å². The Bertz CT molecular complexity index is 1420. The van der Waals surface area contributed by atoms with Crippen molar-refractivity contribution in [3.63, 3.8) is 0 Å². The number of allylic oxidation sites excluding steroid dienone is 1. The Balaban J connectivity index is 1.83. The number of nitrogens with zero attached hydrogens (tertiary/aromatic N) is 5. The van der Waals surface area contributed by atoms with Crippen LogP contribution in [0.4, 0.5) is 17.6 Å². The average Bonchev–Trinajstić information content (AvgIpc) is 2.78. The second kappa shape index (κ2) is 8.50. The summed E-state index contributed by atoms with van der Waals surface area (Å²) >= 11 is 0. The van der Waals surface area contributed by atoms with Crippen molar-refractivity contribution in [1.29, 1.82) is 10.5 Å². The lowest BCUT2D eigenvalue weighted by atomic mass is 9.92. The molecule has 2 aromatic carbocycles. The molecule has 0 spiro atoms. The molecule has 0 atom stereocenters. The van der Waals surface area contributed by atoms with Gasteiger partial charge in [-0.1, -0.05) is 24.3 Å². The molecule has 0 radical (unpaired) electrons. The SMILES string of the molecule is Cc1cc(/C=C/C#N)cc(C)c1-c1cccc2c(N)nc(Nc3cnc(C#N)c[nH+]3)nc12. The van der Waals surface area contributed by atoms with Gasteiger partial charge in [0.2, 0.25) is 0 Å². The van der Waals surface area contributed by atoms with Crippen molar-refractivity contribution >= 4 is 34.6 Å². The number of aryl methyl sites for hydroxylation is 2. The van der Waals surface area contributed by atoms with Gasteiger partial charge in [-0.05, 0) is 48.2 Å². The van der Waals surface area contributed by atoms with Gasteiger partial charge in [0.15, 0.2) is 5.69 Å². The smallest absolute Gasteiger partial charge is 0.321 e. The van der Waals surface area contributed by atoms with Crippen LogP contribution in [0.15, 0.2) is 48.8 Å². The molecule has 0 bridgehead atoms. The number of rotatable bonds is 4. The Morgan fingerprint density at radius 3 is 2.56 bits per heavy atom. The monoisotopic (exact) mass is 419 g/mol. The number of anilines is 3. The van der Waals surface area contributed by atoms with Crippen LogP contribution < -0.4 is 16.0 Å². The van der Waals surface area contributed by atoms with Crippen molar-refractivity contribution in [2.24, 2.45) is 0 Å². The summed E-state index contributed by atoms with van der Waals surface area (Å²) in [5.74, 6) is 1.19. The van der Waals surface area contributed by atoms with Gasteiger partial charge in [0.25, 0.3) is 5.82 Å². The summed E-state index contributed by atoms with van der Waals surface area (Å²) in [6.07, 6.45) is 6.24. The highest BCUT2D eigenvalue weighted by Gasteiger charge is 2.16. The van der Waals surface area contributed by atoms with E-state index in [1.807, 2.05) is 56.3 Å². The minimum atomic E-state index is 0.274. The van der Waals surface area contributed by atoms with Crippen molar-refractivity contribution < 1.29 is 4.98 Å². The van der Waals surface area contributed by atoms with Gasteiger partial charge >= 0.3 is 5.95 Å². The standard InChI is InChI=1S/C24H18N8/c1-14-9-16(5-4-8-25)10-15(2)21(14)18-6-3-7-19-22(18)31-24(32-23(19)27)30-20-13-28-17(11-26)12-29-20/h3-7,9-10,12-13H,1-2H3,(H3,27,29,30,31,32)/p+1/b5-4+. The van der Waals surface area contributed by atoms with Gasteiger partial charge in [0.05, 0.1) is 11.6 Å². The fourth-order valence-corrected chi connectivity index (χ4v) is 3.69. The number of fused-ring (bicyclic) bond motifs is 1. The molecule has 0 amide bonds. The third-order valence-corrected chi connectivity index (χ3v) is 4.99. The largest absolute Gasteiger partial charge is 0.383 e. The highest BCUT2D eigenvalue weighted by molar-refractivity contribution is 6.00. The van der Waals surface area contributed by atoms with Crippen molar-refractivity contribution in [3.8, 4) is 23.3 Å². The first-order valence-electron chi connectivity index (χ1n) is 9.79. The molecular formula is C24H19N8+. The summed E-state index contributed by atoms with van der Waals surface area (Å²) in [7, 11) is 0. The number of nitrogen functional groups attached to an aromatic ring is 1. The number of hydrogen-bond acceptors (Lipinski definition) is 7. The van der Waals surface area contributed by atoms with Crippen LogP contribution in [-0.2, 0) is 0 Å². The number of hydrogen-bond donors (Lipinski definition) is 2. The number of para-hydroxylation sites is 1. The Hall–Kier alpha value is -4.82. The average molecular weight is 419 g/mol. The van der Waals surface area contributed by atoms with Gasteiger partial charge < -0.3 is 5.73 Å².